The van der Waals surface area contributed by atoms with Crippen molar-refractivity contribution in [2.75, 3.05) is 7.11 Å². The molecule has 0 spiro atoms. The molecule has 1 N–H and O–H groups in total. The van der Waals surface area contributed by atoms with Gasteiger partial charge in [0.2, 0.25) is 5.82 Å². The summed E-state index contributed by atoms with van der Waals surface area (Å²) < 4.78 is 10.9. The van der Waals surface area contributed by atoms with Crippen molar-refractivity contribution in [3.8, 4) is 17.1 Å². The first kappa shape index (κ1) is 19.7. The number of hydrazone groups is 1. The maximum Gasteiger partial charge on any atom is 0.396 e. The summed E-state index contributed by atoms with van der Waals surface area (Å²) in [7, 11) is 1.47. The van der Waals surface area contributed by atoms with Gasteiger partial charge >= 0.3 is 4.94 Å². The predicted octanol–water partition coefficient (Wildman–Crippen LogP) is 2.32. The third-order valence-corrected chi connectivity index (χ3v) is 5.00. The van der Waals surface area contributed by atoms with E-state index in [1.807, 2.05) is 0 Å². The molecule has 30 heavy (non-hydrogen) atoms. The quantitative estimate of drug-likeness (QED) is 0.357. The first-order valence-corrected chi connectivity index (χ1v) is 9.69. The minimum Gasteiger partial charge on any atom is -0.493 e. The lowest BCUT2D eigenvalue weighted by atomic mass is 10.2. The SMILES string of the molecule is COc1cc(/C=N\NC(=O)Cn2nnc(-c3ccccc3Cl)n2)cc2sc(=O)oc12. The van der Waals surface area contributed by atoms with Gasteiger partial charge in [0.1, 0.15) is 6.54 Å². The number of fused-ring (bicyclic) bond motifs is 1. The van der Waals surface area contributed by atoms with Crippen LogP contribution in [0.25, 0.3) is 21.7 Å². The molecule has 0 fully saturated rings. The van der Waals surface area contributed by atoms with Crippen LogP contribution >= 0.6 is 22.9 Å². The standard InChI is InChI=1S/C18H13ClN6O4S/c1-28-13-6-10(7-14-16(13)29-18(27)30-14)8-20-21-15(26)9-25-23-17(22-24-25)11-4-2-3-5-12(11)19/h2-8H,9H2,1H3,(H,21,26)/b20-8-. The van der Waals surface area contributed by atoms with E-state index < -0.39 is 10.8 Å². The Bertz CT molecular complexity index is 1310. The molecule has 0 bridgehead atoms. The highest BCUT2D eigenvalue weighted by molar-refractivity contribution is 7.16. The van der Waals surface area contributed by atoms with Crippen molar-refractivity contribution < 1.29 is 13.9 Å². The first-order chi connectivity index (χ1) is 14.5. The van der Waals surface area contributed by atoms with Crippen molar-refractivity contribution >= 4 is 45.3 Å². The molecule has 0 aliphatic carbocycles. The maximum absolute atomic E-state index is 12.1. The Morgan fingerprint density at radius 3 is 3.03 bits per heavy atom. The number of hydrogen-bond donors (Lipinski definition) is 1. The van der Waals surface area contributed by atoms with E-state index in [9.17, 15) is 9.59 Å². The van der Waals surface area contributed by atoms with Crippen LogP contribution in [0.15, 0.2) is 50.7 Å². The number of ether oxygens (including phenoxy) is 1. The summed E-state index contributed by atoms with van der Waals surface area (Å²) in [5, 5.41) is 16.3. The maximum atomic E-state index is 12.1. The van der Waals surface area contributed by atoms with Gasteiger partial charge in [-0.1, -0.05) is 35.1 Å². The van der Waals surface area contributed by atoms with Gasteiger partial charge in [-0.25, -0.2) is 10.2 Å². The van der Waals surface area contributed by atoms with Crippen LogP contribution in [0.3, 0.4) is 0 Å². The Morgan fingerprint density at radius 1 is 1.40 bits per heavy atom. The topological polar surface area (TPSA) is 124 Å². The highest BCUT2D eigenvalue weighted by Gasteiger charge is 2.12. The van der Waals surface area contributed by atoms with Crippen LogP contribution in [-0.4, -0.2) is 39.4 Å². The number of hydrogen-bond acceptors (Lipinski definition) is 9. The Labute approximate surface area is 177 Å². The molecule has 0 atom stereocenters. The Kier molecular flexibility index (Phi) is 5.55. The van der Waals surface area contributed by atoms with E-state index in [4.69, 9.17) is 20.8 Å². The predicted molar refractivity (Wildman–Crippen MR) is 111 cm³/mol. The van der Waals surface area contributed by atoms with Gasteiger partial charge in [0, 0.05) is 5.56 Å². The number of nitrogens with zero attached hydrogens (tertiary/aromatic N) is 5. The summed E-state index contributed by atoms with van der Waals surface area (Å²) in [4.78, 5) is 24.2. The summed E-state index contributed by atoms with van der Waals surface area (Å²) in [6.07, 6.45) is 1.42. The van der Waals surface area contributed by atoms with Gasteiger partial charge in [-0.2, -0.15) is 9.90 Å². The van der Waals surface area contributed by atoms with Crippen molar-refractivity contribution in [2.24, 2.45) is 5.10 Å². The second-order valence-electron chi connectivity index (χ2n) is 5.92. The van der Waals surface area contributed by atoms with Crippen LogP contribution in [-0.2, 0) is 11.3 Å². The number of tetrazole rings is 1. The molecule has 2 aromatic heterocycles. The molecule has 0 aliphatic heterocycles. The molecule has 152 valence electrons. The minimum atomic E-state index is -0.449. The van der Waals surface area contributed by atoms with Gasteiger partial charge in [0.15, 0.2) is 11.3 Å². The van der Waals surface area contributed by atoms with Gasteiger partial charge in [-0.3, -0.25) is 4.79 Å². The Balaban J connectivity index is 1.42. The molecule has 2 heterocycles. The highest BCUT2D eigenvalue weighted by Crippen LogP contribution is 2.28. The molecular weight excluding hydrogens is 432 g/mol. The van der Waals surface area contributed by atoms with Crippen LogP contribution in [0.5, 0.6) is 5.75 Å². The Morgan fingerprint density at radius 2 is 2.23 bits per heavy atom. The van der Waals surface area contributed by atoms with Crippen LogP contribution in [0.4, 0.5) is 0 Å². The third-order valence-electron chi connectivity index (χ3n) is 3.90. The largest absolute Gasteiger partial charge is 0.493 e. The monoisotopic (exact) mass is 444 g/mol. The number of nitrogens with one attached hydrogen (secondary N) is 1. The number of rotatable bonds is 6. The molecule has 0 saturated heterocycles. The summed E-state index contributed by atoms with van der Waals surface area (Å²) in [5.41, 5.74) is 4.00. The molecule has 0 unspecified atom stereocenters. The van der Waals surface area contributed by atoms with Crippen molar-refractivity contribution in [3.05, 3.63) is 56.7 Å². The van der Waals surface area contributed by atoms with Crippen LogP contribution in [0.1, 0.15) is 5.56 Å². The molecule has 4 aromatic rings. The van der Waals surface area contributed by atoms with Crippen molar-refractivity contribution in [3.63, 3.8) is 0 Å². The van der Waals surface area contributed by atoms with E-state index in [1.165, 1.54) is 13.3 Å². The summed E-state index contributed by atoms with van der Waals surface area (Å²) in [5.74, 6) is 0.268. The van der Waals surface area contributed by atoms with Gasteiger partial charge < -0.3 is 9.15 Å². The van der Waals surface area contributed by atoms with Crippen molar-refractivity contribution in [1.82, 2.24) is 25.6 Å². The molecule has 4 rings (SSSR count). The van der Waals surface area contributed by atoms with E-state index in [1.54, 1.807) is 36.4 Å². The molecule has 1 amide bonds. The van der Waals surface area contributed by atoms with E-state index in [2.05, 4.69) is 25.9 Å². The lowest BCUT2D eigenvalue weighted by molar-refractivity contribution is -0.122. The normalized spacial score (nSPS) is 11.3. The van der Waals surface area contributed by atoms with Crippen molar-refractivity contribution in [2.45, 2.75) is 6.54 Å². The minimum absolute atomic E-state index is 0.180. The first-order valence-electron chi connectivity index (χ1n) is 8.50. The number of aromatic nitrogens is 4. The van der Waals surface area contributed by atoms with E-state index in [0.717, 1.165) is 16.1 Å². The van der Waals surface area contributed by atoms with Crippen LogP contribution in [0.2, 0.25) is 5.02 Å². The number of carbonyl (C=O) groups excluding carboxylic acids is 1. The average Bonchev–Trinajstić information content (AvgIpc) is 3.33. The van der Waals surface area contributed by atoms with E-state index in [0.29, 0.717) is 38.0 Å². The molecule has 0 aliphatic rings. The third kappa shape index (κ3) is 4.21. The number of amides is 1. The molecule has 0 radical (unpaired) electrons. The number of methoxy groups -OCH3 is 1. The zero-order valence-electron chi connectivity index (χ0n) is 15.4. The van der Waals surface area contributed by atoms with Gasteiger partial charge in [0.05, 0.1) is 23.0 Å². The molecule has 0 saturated carbocycles. The van der Waals surface area contributed by atoms with E-state index in [-0.39, 0.29) is 6.54 Å². The van der Waals surface area contributed by atoms with Crippen LogP contribution in [0, 0.1) is 0 Å². The fraction of sp³-hybridized carbons (Fsp3) is 0.111. The average molecular weight is 445 g/mol. The second-order valence-corrected chi connectivity index (χ2v) is 7.31. The smallest absolute Gasteiger partial charge is 0.396 e. The molecule has 2 aromatic carbocycles. The Hall–Kier alpha value is -3.57. The molecule has 10 nitrogen and oxygen atoms in total. The van der Waals surface area contributed by atoms with Gasteiger partial charge in [-0.15, -0.1) is 10.2 Å². The van der Waals surface area contributed by atoms with Crippen LogP contribution < -0.4 is 15.1 Å². The lowest BCUT2D eigenvalue weighted by Crippen LogP contribution is -2.24. The fourth-order valence-electron chi connectivity index (χ4n) is 2.60. The van der Waals surface area contributed by atoms with Gasteiger partial charge in [-0.05, 0) is 35.0 Å². The second kappa shape index (κ2) is 8.43. The lowest BCUT2D eigenvalue weighted by Gasteiger charge is -2.02. The zero-order chi connectivity index (χ0) is 21.1. The summed E-state index contributed by atoms with van der Waals surface area (Å²) >= 11 is 7.06. The number of benzene rings is 2. The summed E-state index contributed by atoms with van der Waals surface area (Å²) in [6.45, 7) is -0.180. The molecule has 12 heteroatoms. The molecular formula is C18H13ClN6O4S. The zero-order valence-corrected chi connectivity index (χ0v) is 17.0. The van der Waals surface area contributed by atoms with Gasteiger partial charge in [0.25, 0.3) is 5.91 Å². The highest BCUT2D eigenvalue weighted by atomic mass is 35.5. The van der Waals surface area contributed by atoms with E-state index >= 15 is 0 Å². The summed E-state index contributed by atoms with van der Waals surface area (Å²) in [6, 6.07) is 10.4. The number of halogens is 1. The fourth-order valence-corrected chi connectivity index (χ4v) is 3.55. The van der Waals surface area contributed by atoms with Crippen molar-refractivity contribution in [1.29, 1.82) is 0 Å². The number of carbonyl (C=O) groups is 1.